The van der Waals surface area contributed by atoms with Gasteiger partial charge in [0.25, 0.3) is 5.91 Å². The highest BCUT2D eigenvalue weighted by Gasteiger charge is 2.35. The maximum absolute atomic E-state index is 13.4. The lowest BCUT2D eigenvalue weighted by Crippen LogP contribution is -2.36. The van der Waals surface area contributed by atoms with Crippen LogP contribution in [0.1, 0.15) is 45.3 Å². The van der Waals surface area contributed by atoms with Crippen LogP contribution in [-0.2, 0) is 32.5 Å². The summed E-state index contributed by atoms with van der Waals surface area (Å²) >= 11 is 6.02. The second-order valence-electron chi connectivity index (χ2n) is 9.99. The van der Waals surface area contributed by atoms with Gasteiger partial charge in [0, 0.05) is 24.5 Å². The zero-order chi connectivity index (χ0) is 29.3. The molecule has 1 atom stereocenters. The van der Waals surface area contributed by atoms with Crippen LogP contribution in [0, 0.1) is 0 Å². The number of amides is 1. The molecule has 0 saturated heterocycles. The van der Waals surface area contributed by atoms with E-state index in [0.29, 0.717) is 35.9 Å². The standard InChI is InChI=1S/C31H26ClN3O6S/c32-25-12-10-22(11-13-25)27-18-28(29-9-4-16-40-29)35(33-27)30(36)20-41-31(37)23-7-3-8-26(17-23)42(38,39)34-15-14-21-5-1-2-6-24(21)19-34/h1-13,16-17,28H,14-15,18-20H2/t28-/m1/s1. The van der Waals surface area contributed by atoms with E-state index < -0.39 is 34.5 Å². The van der Waals surface area contributed by atoms with Crippen LogP contribution in [-0.4, -0.2) is 48.5 Å². The van der Waals surface area contributed by atoms with E-state index in [1.807, 2.05) is 36.4 Å². The summed E-state index contributed by atoms with van der Waals surface area (Å²) in [7, 11) is -3.86. The van der Waals surface area contributed by atoms with E-state index in [1.54, 1.807) is 24.3 Å². The molecule has 0 spiro atoms. The number of sulfonamides is 1. The van der Waals surface area contributed by atoms with Gasteiger partial charge < -0.3 is 9.15 Å². The molecule has 0 aliphatic carbocycles. The molecule has 1 amide bonds. The van der Waals surface area contributed by atoms with Gasteiger partial charge in [-0.1, -0.05) is 54.1 Å². The van der Waals surface area contributed by atoms with Crippen molar-refractivity contribution in [3.8, 4) is 0 Å². The van der Waals surface area contributed by atoms with Gasteiger partial charge in [-0.25, -0.2) is 18.2 Å². The van der Waals surface area contributed by atoms with Gasteiger partial charge in [-0.2, -0.15) is 9.41 Å². The van der Waals surface area contributed by atoms with Gasteiger partial charge in [0.1, 0.15) is 11.8 Å². The number of furan rings is 1. The van der Waals surface area contributed by atoms with Gasteiger partial charge in [0.15, 0.2) is 6.61 Å². The average molecular weight is 604 g/mol. The first-order valence-corrected chi connectivity index (χ1v) is 15.1. The minimum atomic E-state index is -3.86. The number of ether oxygens (including phenoxy) is 1. The fourth-order valence-electron chi connectivity index (χ4n) is 5.14. The molecule has 2 aliphatic rings. The topological polar surface area (TPSA) is 109 Å². The number of carbonyl (C=O) groups is 2. The van der Waals surface area contributed by atoms with Gasteiger partial charge in [-0.3, -0.25) is 4.79 Å². The molecular formula is C31H26ClN3O6S. The second kappa shape index (κ2) is 11.6. The normalized spacial score (nSPS) is 17.0. The quantitative estimate of drug-likeness (QED) is 0.268. The van der Waals surface area contributed by atoms with E-state index in [9.17, 15) is 18.0 Å². The van der Waals surface area contributed by atoms with Gasteiger partial charge in [-0.05, 0) is 65.6 Å². The maximum Gasteiger partial charge on any atom is 0.338 e. The summed E-state index contributed by atoms with van der Waals surface area (Å²) in [5, 5.41) is 6.35. The number of hydrogen-bond donors (Lipinski definition) is 0. The lowest BCUT2D eigenvalue weighted by atomic mass is 10.0. The largest absolute Gasteiger partial charge is 0.467 e. The first-order chi connectivity index (χ1) is 20.3. The lowest BCUT2D eigenvalue weighted by Gasteiger charge is -2.28. The molecule has 42 heavy (non-hydrogen) atoms. The number of hydrazone groups is 1. The minimum Gasteiger partial charge on any atom is -0.467 e. The van der Waals surface area contributed by atoms with Crippen molar-refractivity contribution < 1.29 is 27.2 Å². The van der Waals surface area contributed by atoms with Crippen LogP contribution in [0.3, 0.4) is 0 Å². The van der Waals surface area contributed by atoms with Crippen LogP contribution in [0.2, 0.25) is 5.02 Å². The first-order valence-electron chi connectivity index (χ1n) is 13.3. The smallest absolute Gasteiger partial charge is 0.338 e. The molecule has 3 aromatic carbocycles. The van der Waals surface area contributed by atoms with Gasteiger partial charge in [-0.15, -0.1) is 0 Å². The Bertz CT molecular complexity index is 1770. The summed E-state index contributed by atoms with van der Waals surface area (Å²) in [6, 6.07) is 23.5. The predicted molar refractivity (Wildman–Crippen MR) is 155 cm³/mol. The number of hydrogen-bond acceptors (Lipinski definition) is 7. The molecule has 0 radical (unpaired) electrons. The van der Waals surface area contributed by atoms with Crippen molar-refractivity contribution in [3.63, 3.8) is 0 Å². The summed E-state index contributed by atoms with van der Waals surface area (Å²) in [5.41, 5.74) is 3.57. The number of esters is 1. The van der Waals surface area contributed by atoms with Crippen molar-refractivity contribution in [3.05, 3.63) is 124 Å². The summed E-state index contributed by atoms with van der Waals surface area (Å²) in [5.74, 6) is -0.829. The Hall–Kier alpha value is -4.25. The highest BCUT2D eigenvalue weighted by atomic mass is 35.5. The number of carbonyl (C=O) groups excluding carboxylic acids is 2. The molecule has 0 saturated carbocycles. The molecule has 214 valence electrons. The maximum atomic E-state index is 13.4. The van der Waals surface area contributed by atoms with E-state index in [1.165, 1.54) is 39.8 Å². The lowest BCUT2D eigenvalue weighted by molar-refractivity contribution is -0.136. The monoisotopic (exact) mass is 603 g/mol. The van der Waals surface area contributed by atoms with Crippen molar-refractivity contribution in [2.45, 2.75) is 30.3 Å². The number of halogens is 1. The molecule has 0 N–H and O–H groups in total. The van der Waals surface area contributed by atoms with Crippen molar-refractivity contribution in [1.29, 1.82) is 0 Å². The molecule has 11 heteroatoms. The molecule has 0 unspecified atom stereocenters. The average Bonchev–Trinajstić information content (AvgIpc) is 3.71. The first kappa shape index (κ1) is 27.9. The highest BCUT2D eigenvalue weighted by Crippen LogP contribution is 2.33. The zero-order valence-electron chi connectivity index (χ0n) is 22.4. The Balaban J connectivity index is 1.15. The Kier molecular flexibility index (Phi) is 7.68. The van der Waals surface area contributed by atoms with Gasteiger partial charge in [0.05, 0.1) is 22.4 Å². The molecule has 6 rings (SSSR count). The van der Waals surface area contributed by atoms with Crippen LogP contribution >= 0.6 is 11.6 Å². The van der Waals surface area contributed by atoms with E-state index in [2.05, 4.69) is 5.10 Å². The Morgan fingerprint density at radius 3 is 2.52 bits per heavy atom. The fraction of sp³-hybridized carbons (Fsp3) is 0.194. The molecule has 9 nitrogen and oxygen atoms in total. The molecular weight excluding hydrogens is 578 g/mol. The van der Waals surface area contributed by atoms with E-state index in [-0.39, 0.29) is 17.0 Å². The number of nitrogens with zero attached hydrogens (tertiary/aromatic N) is 3. The third-order valence-electron chi connectivity index (χ3n) is 7.34. The summed E-state index contributed by atoms with van der Waals surface area (Å²) in [4.78, 5) is 26.2. The third-order valence-corrected chi connectivity index (χ3v) is 9.44. The molecule has 0 fully saturated rings. The van der Waals surface area contributed by atoms with E-state index >= 15 is 0 Å². The highest BCUT2D eigenvalue weighted by molar-refractivity contribution is 7.89. The van der Waals surface area contributed by atoms with Crippen LogP contribution < -0.4 is 0 Å². The SMILES string of the molecule is O=C(OCC(=O)N1N=C(c2ccc(Cl)cc2)C[C@@H]1c1ccco1)c1cccc(S(=O)(=O)N2CCc3ccccc3C2)c1. The van der Waals surface area contributed by atoms with Crippen LogP contribution in [0.15, 0.2) is 106 Å². The predicted octanol–water partition coefficient (Wildman–Crippen LogP) is 5.21. The molecule has 3 heterocycles. The Morgan fingerprint density at radius 1 is 0.976 bits per heavy atom. The summed E-state index contributed by atoms with van der Waals surface area (Å²) in [6.45, 7) is 0.00786. The van der Waals surface area contributed by atoms with Crippen LogP contribution in [0.5, 0.6) is 0 Å². The van der Waals surface area contributed by atoms with Gasteiger partial charge in [0.2, 0.25) is 10.0 Å². The van der Waals surface area contributed by atoms with E-state index in [0.717, 1.165) is 16.7 Å². The minimum absolute atomic E-state index is 0.0164. The van der Waals surface area contributed by atoms with Gasteiger partial charge >= 0.3 is 5.97 Å². The van der Waals surface area contributed by atoms with Crippen molar-refractivity contribution >= 4 is 39.2 Å². The second-order valence-corrected chi connectivity index (χ2v) is 12.4. The molecule has 2 aliphatic heterocycles. The summed E-state index contributed by atoms with van der Waals surface area (Å²) < 4.78 is 39.1. The number of rotatable bonds is 7. The van der Waals surface area contributed by atoms with Crippen LogP contribution in [0.4, 0.5) is 0 Å². The zero-order valence-corrected chi connectivity index (χ0v) is 23.9. The molecule has 0 bridgehead atoms. The Labute approximate surface area is 248 Å². The fourth-order valence-corrected chi connectivity index (χ4v) is 6.74. The van der Waals surface area contributed by atoms with Crippen molar-refractivity contribution in [2.75, 3.05) is 13.2 Å². The van der Waals surface area contributed by atoms with Crippen molar-refractivity contribution in [1.82, 2.24) is 9.31 Å². The molecule has 1 aromatic heterocycles. The van der Waals surface area contributed by atoms with Crippen molar-refractivity contribution in [2.24, 2.45) is 5.10 Å². The molecule has 4 aromatic rings. The van der Waals surface area contributed by atoms with E-state index in [4.69, 9.17) is 20.8 Å². The van der Waals surface area contributed by atoms with Crippen LogP contribution in [0.25, 0.3) is 0 Å². The number of benzene rings is 3. The third kappa shape index (κ3) is 5.61. The Morgan fingerprint density at radius 2 is 1.76 bits per heavy atom. The number of fused-ring (bicyclic) bond motifs is 1. The summed E-state index contributed by atoms with van der Waals surface area (Å²) in [6.07, 6.45) is 2.52.